The molecule has 3 unspecified atom stereocenters. The smallest absolute Gasteiger partial charge is 0.0000124 e. The minimum absolute atomic E-state index is 0. The van der Waals surface area contributed by atoms with Gasteiger partial charge in [0.1, 0.15) is 0 Å². The van der Waals surface area contributed by atoms with Crippen LogP contribution in [-0.4, -0.2) is 13.1 Å². The summed E-state index contributed by atoms with van der Waals surface area (Å²) >= 11 is 0. The second-order valence-electron chi connectivity index (χ2n) is 6.96. The number of fused-ring (bicyclic) bond motifs is 2. The van der Waals surface area contributed by atoms with Crippen molar-refractivity contribution in [3.8, 4) is 0 Å². The van der Waals surface area contributed by atoms with E-state index < -0.39 is 0 Å². The fourth-order valence-electron chi connectivity index (χ4n) is 3.48. The van der Waals surface area contributed by atoms with Crippen LogP contribution in [0.5, 0.6) is 0 Å². The first-order valence-electron chi connectivity index (χ1n) is 6.75. The molecular weight excluding hydrogens is 218 g/mol. The van der Waals surface area contributed by atoms with Gasteiger partial charge in [-0.15, -0.1) is 12.4 Å². The first kappa shape index (κ1) is 14.3. The average molecular weight is 246 g/mol. The molecule has 2 aliphatic carbocycles. The zero-order chi connectivity index (χ0) is 10.9. The van der Waals surface area contributed by atoms with Crippen molar-refractivity contribution < 1.29 is 0 Å². The van der Waals surface area contributed by atoms with Gasteiger partial charge in [0.05, 0.1) is 0 Å². The average Bonchev–Trinajstić information content (AvgIpc) is 2.71. The molecule has 2 bridgehead atoms. The number of hydrogen-bond donors (Lipinski definition) is 1. The molecule has 1 nitrogen and oxygen atoms in total. The highest BCUT2D eigenvalue weighted by Crippen LogP contribution is 2.49. The summed E-state index contributed by atoms with van der Waals surface area (Å²) in [5.41, 5.74) is 0.439. The summed E-state index contributed by atoms with van der Waals surface area (Å²) in [4.78, 5) is 0. The summed E-state index contributed by atoms with van der Waals surface area (Å²) < 4.78 is 0. The Morgan fingerprint density at radius 3 is 2.38 bits per heavy atom. The number of hydrogen-bond acceptors (Lipinski definition) is 1. The zero-order valence-electron chi connectivity index (χ0n) is 11.1. The summed E-state index contributed by atoms with van der Waals surface area (Å²) in [6.07, 6.45) is 7.61. The number of nitrogens with one attached hydrogen (secondary N) is 1. The van der Waals surface area contributed by atoms with Crippen LogP contribution < -0.4 is 5.32 Å². The summed E-state index contributed by atoms with van der Waals surface area (Å²) in [6.45, 7) is 9.31. The predicted octanol–water partition coefficient (Wildman–Crippen LogP) is 3.87. The van der Waals surface area contributed by atoms with Crippen molar-refractivity contribution in [3.05, 3.63) is 0 Å². The largest absolute Gasteiger partial charge is 0.316 e. The second-order valence-corrected chi connectivity index (χ2v) is 6.96. The van der Waals surface area contributed by atoms with Crippen LogP contribution in [0.2, 0.25) is 0 Å². The molecule has 0 saturated heterocycles. The molecule has 96 valence electrons. The molecule has 2 fully saturated rings. The molecule has 0 radical (unpaired) electrons. The Bertz CT molecular complexity index is 209. The van der Waals surface area contributed by atoms with Crippen molar-refractivity contribution >= 4 is 12.4 Å². The fourth-order valence-corrected chi connectivity index (χ4v) is 3.48. The van der Waals surface area contributed by atoms with Gasteiger partial charge >= 0.3 is 0 Å². The van der Waals surface area contributed by atoms with Crippen LogP contribution in [0.25, 0.3) is 0 Å². The first-order chi connectivity index (χ1) is 7.04. The van der Waals surface area contributed by atoms with Crippen molar-refractivity contribution in [1.29, 1.82) is 0 Å². The van der Waals surface area contributed by atoms with E-state index in [1.54, 1.807) is 12.8 Å². The minimum Gasteiger partial charge on any atom is -0.316 e. The Morgan fingerprint density at radius 1 is 1.12 bits per heavy atom. The Labute approximate surface area is 107 Å². The van der Waals surface area contributed by atoms with E-state index in [0.717, 1.165) is 24.3 Å². The lowest BCUT2D eigenvalue weighted by Gasteiger charge is -2.23. The highest BCUT2D eigenvalue weighted by atomic mass is 35.5. The summed E-state index contributed by atoms with van der Waals surface area (Å²) in [6, 6.07) is 0. The number of halogens is 1. The van der Waals surface area contributed by atoms with E-state index in [-0.39, 0.29) is 12.4 Å². The van der Waals surface area contributed by atoms with Gasteiger partial charge in [0.2, 0.25) is 0 Å². The third kappa shape index (κ3) is 3.92. The topological polar surface area (TPSA) is 12.0 Å². The maximum Gasteiger partial charge on any atom is -0.0000124 e. The summed E-state index contributed by atoms with van der Waals surface area (Å²) in [5, 5.41) is 3.61. The molecule has 0 aliphatic heterocycles. The maximum atomic E-state index is 3.61. The predicted molar refractivity (Wildman–Crippen MR) is 73.1 cm³/mol. The van der Waals surface area contributed by atoms with Gasteiger partial charge < -0.3 is 5.32 Å². The molecule has 2 rings (SSSR count). The van der Waals surface area contributed by atoms with Gasteiger partial charge in [0.15, 0.2) is 0 Å². The van der Waals surface area contributed by atoms with Gasteiger partial charge in [0, 0.05) is 0 Å². The van der Waals surface area contributed by atoms with Gasteiger partial charge in [-0.05, 0) is 61.9 Å². The van der Waals surface area contributed by atoms with E-state index >= 15 is 0 Å². The van der Waals surface area contributed by atoms with Gasteiger partial charge in [-0.25, -0.2) is 0 Å². The monoisotopic (exact) mass is 245 g/mol. The van der Waals surface area contributed by atoms with Crippen LogP contribution in [0, 0.1) is 23.2 Å². The van der Waals surface area contributed by atoms with Crippen LogP contribution in [0.3, 0.4) is 0 Å². The Morgan fingerprint density at radius 2 is 1.88 bits per heavy atom. The van der Waals surface area contributed by atoms with Crippen LogP contribution >= 0.6 is 12.4 Å². The van der Waals surface area contributed by atoms with Crippen LogP contribution in [0.4, 0.5) is 0 Å². The van der Waals surface area contributed by atoms with E-state index in [1.807, 2.05) is 0 Å². The van der Waals surface area contributed by atoms with Gasteiger partial charge in [0.25, 0.3) is 0 Å². The summed E-state index contributed by atoms with van der Waals surface area (Å²) in [7, 11) is 0. The Balaban J connectivity index is 0.00000128. The molecule has 0 aromatic heterocycles. The zero-order valence-corrected chi connectivity index (χ0v) is 11.9. The molecule has 16 heavy (non-hydrogen) atoms. The van der Waals surface area contributed by atoms with E-state index in [9.17, 15) is 0 Å². The van der Waals surface area contributed by atoms with Crippen molar-refractivity contribution in [1.82, 2.24) is 5.32 Å². The van der Waals surface area contributed by atoms with Crippen molar-refractivity contribution in [2.45, 2.75) is 52.9 Å². The van der Waals surface area contributed by atoms with Crippen molar-refractivity contribution in [2.75, 3.05) is 13.1 Å². The summed E-state index contributed by atoms with van der Waals surface area (Å²) in [5.74, 6) is 3.28. The highest BCUT2D eigenvalue weighted by molar-refractivity contribution is 5.85. The highest BCUT2D eigenvalue weighted by Gasteiger charge is 2.38. The molecule has 0 amide bonds. The molecule has 0 aromatic carbocycles. The molecule has 0 heterocycles. The van der Waals surface area contributed by atoms with E-state index in [4.69, 9.17) is 0 Å². The molecular formula is C14H28ClN. The standard InChI is InChI=1S/C14H27N.ClH/c1-14(2,3)10-15-7-6-13-9-11-4-5-12(13)8-11;/h11-13,15H,4-10H2,1-3H3;1H. The minimum atomic E-state index is 0. The molecule has 2 heteroatoms. The van der Waals surface area contributed by atoms with Crippen molar-refractivity contribution in [3.63, 3.8) is 0 Å². The molecule has 0 spiro atoms. The number of rotatable bonds is 4. The lowest BCUT2D eigenvalue weighted by Crippen LogP contribution is -2.29. The fraction of sp³-hybridized carbons (Fsp3) is 1.00. The molecule has 2 aliphatic rings. The molecule has 0 aromatic rings. The maximum absolute atomic E-state index is 3.61. The van der Waals surface area contributed by atoms with Crippen LogP contribution in [0.15, 0.2) is 0 Å². The van der Waals surface area contributed by atoms with Crippen molar-refractivity contribution in [2.24, 2.45) is 23.2 Å². The lowest BCUT2D eigenvalue weighted by atomic mass is 9.86. The molecule has 1 N–H and O–H groups in total. The Kier molecular flexibility index (Phi) is 5.12. The van der Waals surface area contributed by atoms with E-state index in [2.05, 4.69) is 26.1 Å². The van der Waals surface area contributed by atoms with Crippen LogP contribution in [0.1, 0.15) is 52.9 Å². The third-order valence-electron chi connectivity index (χ3n) is 4.23. The van der Waals surface area contributed by atoms with Gasteiger partial charge in [-0.2, -0.15) is 0 Å². The normalized spacial score (nSPS) is 32.8. The first-order valence-corrected chi connectivity index (χ1v) is 6.75. The quantitative estimate of drug-likeness (QED) is 0.742. The molecule has 2 saturated carbocycles. The SMILES string of the molecule is CC(C)(C)CNCCC1CC2CCC1C2.Cl. The molecule has 3 atom stereocenters. The van der Waals surface area contributed by atoms with Gasteiger partial charge in [-0.1, -0.05) is 27.2 Å². The lowest BCUT2D eigenvalue weighted by molar-refractivity contribution is 0.299. The van der Waals surface area contributed by atoms with Crippen LogP contribution in [-0.2, 0) is 0 Å². The van der Waals surface area contributed by atoms with E-state index in [0.29, 0.717) is 5.41 Å². The third-order valence-corrected chi connectivity index (χ3v) is 4.23. The van der Waals surface area contributed by atoms with Gasteiger partial charge in [-0.3, -0.25) is 0 Å². The second kappa shape index (κ2) is 5.73. The van der Waals surface area contributed by atoms with E-state index in [1.165, 1.54) is 25.8 Å². The Hall–Kier alpha value is 0.250.